The summed E-state index contributed by atoms with van der Waals surface area (Å²) in [7, 11) is 3.83. The Kier molecular flexibility index (Phi) is 5.31. The lowest BCUT2D eigenvalue weighted by molar-refractivity contribution is 0.924. The van der Waals surface area contributed by atoms with Gasteiger partial charge in [0.1, 0.15) is 0 Å². The maximum absolute atomic E-state index is 4.40. The molecule has 6 heteroatoms. The Labute approximate surface area is 125 Å². The quantitative estimate of drug-likeness (QED) is 0.812. The lowest BCUT2D eigenvalue weighted by Crippen LogP contribution is -2.17. The summed E-state index contributed by atoms with van der Waals surface area (Å²) in [5.74, 6) is 1.84. The molecule has 1 aromatic carbocycles. The van der Waals surface area contributed by atoms with E-state index in [0.717, 1.165) is 19.5 Å². The van der Waals surface area contributed by atoms with E-state index in [4.69, 9.17) is 0 Å². The van der Waals surface area contributed by atoms with Crippen molar-refractivity contribution in [3.63, 3.8) is 0 Å². The molecule has 2 N–H and O–H groups in total. The average molecular weight is 286 g/mol. The van der Waals surface area contributed by atoms with Crippen molar-refractivity contribution in [2.45, 2.75) is 13.3 Å². The Morgan fingerprint density at radius 1 is 0.952 bits per heavy atom. The second-order valence-electron chi connectivity index (χ2n) is 4.87. The molecule has 0 bridgehead atoms. The summed E-state index contributed by atoms with van der Waals surface area (Å²) in [6.45, 7) is 3.58. The highest BCUT2D eigenvalue weighted by atomic mass is 15.3. The number of nitrogens with one attached hydrogen (secondary N) is 2. The van der Waals surface area contributed by atoms with Crippen LogP contribution < -0.4 is 15.5 Å². The van der Waals surface area contributed by atoms with Gasteiger partial charge in [0.25, 0.3) is 0 Å². The Balaban J connectivity index is 2.01. The summed E-state index contributed by atoms with van der Waals surface area (Å²) in [6, 6.07) is 10.3. The second-order valence-corrected chi connectivity index (χ2v) is 4.87. The lowest BCUT2D eigenvalue weighted by Gasteiger charge is -2.13. The van der Waals surface area contributed by atoms with Crippen molar-refractivity contribution in [1.82, 2.24) is 15.0 Å². The number of aromatic nitrogens is 3. The van der Waals surface area contributed by atoms with Crippen LogP contribution in [0, 0.1) is 0 Å². The van der Waals surface area contributed by atoms with Crippen molar-refractivity contribution in [2.75, 3.05) is 42.7 Å². The number of hydrogen-bond acceptors (Lipinski definition) is 6. The van der Waals surface area contributed by atoms with Crippen LogP contribution in [0.5, 0.6) is 0 Å². The highest BCUT2D eigenvalue weighted by Gasteiger charge is 2.07. The van der Waals surface area contributed by atoms with Crippen LogP contribution in [-0.4, -0.2) is 42.1 Å². The van der Waals surface area contributed by atoms with Gasteiger partial charge in [0.05, 0.1) is 0 Å². The molecular formula is C15H22N6. The first-order chi connectivity index (χ1) is 10.2. The van der Waals surface area contributed by atoms with Gasteiger partial charge in [0.15, 0.2) is 0 Å². The van der Waals surface area contributed by atoms with Gasteiger partial charge in [0.2, 0.25) is 17.8 Å². The van der Waals surface area contributed by atoms with Crippen molar-refractivity contribution >= 4 is 17.8 Å². The van der Waals surface area contributed by atoms with Crippen molar-refractivity contribution < 1.29 is 0 Å². The van der Waals surface area contributed by atoms with Crippen molar-refractivity contribution in [2.24, 2.45) is 0 Å². The molecule has 0 radical (unpaired) electrons. The van der Waals surface area contributed by atoms with Crippen LogP contribution in [0.1, 0.15) is 12.5 Å². The number of rotatable bonds is 7. The Morgan fingerprint density at radius 2 is 1.62 bits per heavy atom. The maximum Gasteiger partial charge on any atom is 0.231 e. The van der Waals surface area contributed by atoms with Crippen LogP contribution in [0.2, 0.25) is 0 Å². The molecule has 0 amide bonds. The molecule has 0 aliphatic heterocycles. The number of anilines is 3. The fourth-order valence-electron chi connectivity index (χ4n) is 1.84. The van der Waals surface area contributed by atoms with Gasteiger partial charge in [-0.25, -0.2) is 0 Å². The van der Waals surface area contributed by atoms with Gasteiger partial charge in [-0.05, 0) is 18.9 Å². The fraction of sp³-hybridized carbons (Fsp3) is 0.400. The molecule has 0 aliphatic rings. The number of nitrogens with zero attached hydrogens (tertiary/aromatic N) is 4. The molecule has 6 nitrogen and oxygen atoms in total. The summed E-state index contributed by atoms with van der Waals surface area (Å²) in [5, 5.41) is 6.38. The molecule has 1 heterocycles. The minimum Gasteiger partial charge on any atom is -0.354 e. The van der Waals surface area contributed by atoms with E-state index in [9.17, 15) is 0 Å². The molecule has 0 spiro atoms. The van der Waals surface area contributed by atoms with E-state index >= 15 is 0 Å². The summed E-state index contributed by atoms with van der Waals surface area (Å²) in [4.78, 5) is 15.0. The SMILES string of the molecule is CCNc1nc(NCCc2ccccc2)nc(N(C)C)n1. The van der Waals surface area contributed by atoms with Gasteiger partial charge in [0, 0.05) is 27.2 Å². The van der Waals surface area contributed by atoms with E-state index in [0.29, 0.717) is 17.8 Å². The van der Waals surface area contributed by atoms with Crippen LogP contribution in [0.4, 0.5) is 17.8 Å². The molecule has 0 unspecified atom stereocenters. The van der Waals surface area contributed by atoms with E-state index in [2.05, 4.69) is 37.7 Å². The first kappa shape index (κ1) is 15.0. The molecule has 0 atom stereocenters. The van der Waals surface area contributed by atoms with Gasteiger partial charge in [-0.1, -0.05) is 30.3 Å². The topological polar surface area (TPSA) is 66.0 Å². The third kappa shape index (κ3) is 4.59. The van der Waals surface area contributed by atoms with Crippen LogP contribution in [0.15, 0.2) is 30.3 Å². The van der Waals surface area contributed by atoms with Gasteiger partial charge in [-0.15, -0.1) is 0 Å². The van der Waals surface area contributed by atoms with E-state index in [-0.39, 0.29) is 0 Å². The highest BCUT2D eigenvalue weighted by molar-refractivity contribution is 5.42. The Hall–Kier alpha value is -2.37. The predicted octanol–water partition coefficient (Wildman–Crippen LogP) is 2.02. The third-order valence-electron chi connectivity index (χ3n) is 2.90. The molecular weight excluding hydrogens is 264 g/mol. The molecule has 2 aromatic rings. The Morgan fingerprint density at radius 3 is 2.24 bits per heavy atom. The molecule has 2 rings (SSSR count). The fourth-order valence-corrected chi connectivity index (χ4v) is 1.84. The van der Waals surface area contributed by atoms with E-state index in [1.165, 1.54) is 5.56 Å². The molecule has 112 valence electrons. The molecule has 0 fully saturated rings. The van der Waals surface area contributed by atoms with Crippen molar-refractivity contribution in [3.05, 3.63) is 35.9 Å². The highest BCUT2D eigenvalue weighted by Crippen LogP contribution is 2.11. The van der Waals surface area contributed by atoms with Crippen LogP contribution in [-0.2, 0) is 6.42 Å². The zero-order valence-corrected chi connectivity index (χ0v) is 12.8. The zero-order valence-electron chi connectivity index (χ0n) is 12.8. The maximum atomic E-state index is 4.40. The summed E-state index contributed by atoms with van der Waals surface area (Å²) in [5.41, 5.74) is 1.29. The summed E-state index contributed by atoms with van der Waals surface area (Å²) in [6.07, 6.45) is 0.931. The first-order valence-corrected chi connectivity index (χ1v) is 7.14. The zero-order chi connectivity index (χ0) is 15.1. The van der Waals surface area contributed by atoms with Crippen LogP contribution in [0.25, 0.3) is 0 Å². The second kappa shape index (κ2) is 7.42. The number of hydrogen-bond donors (Lipinski definition) is 2. The molecule has 0 saturated heterocycles. The average Bonchev–Trinajstić information content (AvgIpc) is 2.48. The van der Waals surface area contributed by atoms with Crippen molar-refractivity contribution in [3.8, 4) is 0 Å². The monoisotopic (exact) mass is 286 g/mol. The standard InChI is InChI=1S/C15H22N6/c1-4-16-13-18-14(20-15(19-13)21(2)3)17-11-10-12-8-6-5-7-9-12/h5-9H,4,10-11H2,1-3H3,(H2,16,17,18,19,20). The minimum atomic E-state index is 0.596. The van der Waals surface area contributed by atoms with Crippen molar-refractivity contribution in [1.29, 1.82) is 0 Å². The molecule has 1 aromatic heterocycles. The first-order valence-electron chi connectivity index (χ1n) is 7.14. The summed E-state index contributed by atoms with van der Waals surface area (Å²) >= 11 is 0. The van der Waals surface area contributed by atoms with Crippen LogP contribution in [0.3, 0.4) is 0 Å². The summed E-state index contributed by atoms with van der Waals surface area (Å²) < 4.78 is 0. The lowest BCUT2D eigenvalue weighted by atomic mass is 10.1. The molecule has 21 heavy (non-hydrogen) atoms. The van der Waals surface area contributed by atoms with E-state index < -0.39 is 0 Å². The third-order valence-corrected chi connectivity index (χ3v) is 2.90. The Bertz CT molecular complexity index is 555. The largest absolute Gasteiger partial charge is 0.354 e. The molecule has 0 saturated carbocycles. The minimum absolute atomic E-state index is 0.596. The van der Waals surface area contributed by atoms with Gasteiger partial charge >= 0.3 is 0 Å². The predicted molar refractivity (Wildman–Crippen MR) is 87.0 cm³/mol. The van der Waals surface area contributed by atoms with Gasteiger partial charge in [-0.3, -0.25) is 0 Å². The van der Waals surface area contributed by atoms with E-state index in [1.807, 2.05) is 44.1 Å². The smallest absolute Gasteiger partial charge is 0.231 e. The normalized spacial score (nSPS) is 10.2. The van der Waals surface area contributed by atoms with Gasteiger partial charge < -0.3 is 15.5 Å². The van der Waals surface area contributed by atoms with Crippen LogP contribution >= 0.6 is 0 Å². The van der Waals surface area contributed by atoms with Gasteiger partial charge in [-0.2, -0.15) is 15.0 Å². The molecule has 0 aliphatic carbocycles. The van der Waals surface area contributed by atoms with E-state index in [1.54, 1.807) is 0 Å². The number of benzene rings is 1.